The van der Waals surface area contributed by atoms with Crippen molar-refractivity contribution in [3.05, 3.63) is 78.8 Å². The SMILES string of the molecule is Cn1nc(CNS(=O)(=O)c2cccc3ccccc23)cc1-c1ccncc1. The van der Waals surface area contributed by atoms with Crippen LogP contribution >= 0.6 is 0 Å². The summed E-state index contributed by atoms with van der Waals surface area (Å²) in [6.07, 6.45) is 3.43. The van der Waals surface area contributed by atoms with E-state index >= 15 is 0 Å². The first-order valence-corrected chi connectivity index (χ1v) is 9.94. The molecule has 0 saturated carbocycles. The fraction of sp³-hybridized carbons (Fsp3) is 0.100. The third-order valence-corrected chi connectivity index (χ3v) is 5.85. The van der Waals surface area contributed by atoms with Crippen LogP contribution in [0.5, 0.6) is 0 Å². The largest absolute Gasteiger partial charge is 0.268 e. The molecule has 6 nitrogen and oxygen atoms in total. The third-order valence-electron chi connectivity index (χ3n) is 4.39. The lowest BCUT2D eigenvalue weighted by Crippen LogP contribution is -2.23. The number of benzene rings is 2. The van der Waals surface area contributed by atoms with Gasteiger partial charge in [0.2, 0.25) is 10.0 Å². The average molecular weight is 378 g/mol. The van der Waals surface area contributed by atoms with Gasteiger partial charge in [0.15, 0.2) is 0 Å². The van der Waals surface area contributed by atoms with Crippen LogP contribution < -0.4 is 4.72 Å². The standard InChI is InChI=1S/C20H18N4O2S/c1-24-19(16-9-11-21-12-10-16)13-17(23-24)14-22-27(25,26)20-8-4-6-15-5-2-3-7-18(15)20/h2-13,22H,14H2,1H3. The first-order chi connectivity index (χ1) is 13.0. The number of hydrogen-bond acceptors (Lipinski definition) is 4. The Kier molecular flexibility index (Phi) is 4.47. The van der Waals surface area contributed by atoms with E-state index in [-0.39, 0.29) is 11.4 Å². The average Bonchev–Trinajstić information content (AvgIpc) is 3.07. The minimum Gasteiger partial charge on any atom is -0.268 e. The maximum absolute atomic E-state index is 12.8. The van der Waals surface area contributed by atoms with E-state index in [9.17, 15) is 8.42 Å². The highest BCUT2D eigenvalue weighted by molar-refractivity contribution is 7.89. The summed E-state index contributed by atoms with van der Waals surface area (Å²) in [7, 11) is -1.83. The predicted octanol–water partition coefficient (Wildman–Crippen LogP) is 3.11. The van der Waals surface area contributed by atoms with Crippen LogP contribution in [0.15, 0.2) is 78.0 Å². The van der Waals surface area contributed by atoms with Crippen molar-refractivity contribution in [3.63, 3.8) is 0 Å². The molecule has 0 spiro atoms. The molecule has 27 heavy (non-hydrogen) atoms. The number of hydrogen-bond donors (Lipinski definition) is 1. The molecule has 0 atom stereocenters. The zero-order valence-corrected chi connectivity index (χ0v) is 15.5. The van der Waals surface area contributed by atoms with Crippen molar-refractivity contribution in [2.75, 3.05) is 0 Å². The normalized spacial score (nSPS) is 11.7. The van der Waals surface area contributed by atoms with Crippen molar-refractivity contribution < 1.29 is 8.42 Å². The molecule has 0 aliphatic carbocycles. The Hall–Kier alpha value is -3.03. The summed E-state index contributed by atoms with van der Waals surface area (Å²) in [6, 6.07) is 18.4. The molecule has 4 aromatic rings. The fourth-order valence-electron chi connectivity index (χ4n) is 3.08. The summed E-state index contributed by atoms with van der Waals surface area (Å²) in [4.78, 5) is 4.28. The maximum Gasteiger partial charge on any atom is 0.241 e. The van der Waals surface area contributed by atoms with Crippen molar-refractivity contribution in [2.24, 2.45) is 7.05 Å². The molecule has 136 valence electrons. The molecule has 0 aliphatic heterocycles. The minimum atomic E-state index is -3.66. The Morgan fingerprint density at radius 1 is 1.00 bits per heavy atom. The lowest BCUT2D eigenvalue weighted by molar-refractivity contribution is 0.580. The monoisotopic (exact) mass is 378 g/mol. The Labute approximate surface area is 157 Å². The summed E-state index contributed by atoms with van der Waals surface area (Å²) in [5, 5.41) is 6.00. The van der Waals surface area contributed by atoms with Crippen LogP contribution in [-0.4, -0.2) is 23.2 Å². The van der Waals surface area contributed by atoms with Crippen LogP contribution in [0.2, 0.25) is 0 Å². The zero-order valence-electron chi connectivity index (χ0n) is 14.7. The van der Waals surface area contributed by atoms with Gasteiger partial charge in [0, 0.05) is 30.4 Å². The third kappa shape index (κ3) is 3.47. The molecule has 2 aromatic heterocycles. The molecule has 0 saturated heterocycles. The molecular weight excluding hydrogens is 360 g/mol. The van der Waals surface area contributed by atoms with Crippen molar-refractivity contribution in [2.45, 2.75) is 11.4 Å². The van der Waals surface area contributed by atoms with Crippen LogP contribution in [0.3, 0.4) is 0 Å². The first-order valence-electron chi connectivity index (χ1n) is 8.45. The maximum atomic E-state index is 12.8. The molecule has 0 radical (unpaired) electrons. The van der Waals surface area contributed by atoms with Gasteiger partial charge in [-0.25, -0.2) is 13.1 Å². The lowest BCUT2D eigenvalue weighted by atomic mass is 10.1. The second-order valence-corrected chi connectivity index (χ2v) is 7.92. The smallest absolute Gasteiger partial charge is 0.241 e. The molecule has 0 bridgehead atoms. The molecule has 2 aromatic carbocycles. The van der Waals surface area contributed by atoms with E-state index < -0.39 is 10.0 Å². The highest BCUT2D eigenvalue weighted by Crippen LogP contribution is 2.23. The second kappa shape index (κ2) is 6.94. The summed E-state index contributed by atoms with van der Waals surface area (Å²) < 4.78 is 30.0. The number of nitrogens with one attached hydrogen (secondary N) is 1. The van der Waals surface area contributed by atoms with Crippen LogP contribution in [0.1, 0.15) is 5.69 Å². The van der Waals surface area contributed by atoms with Crippen LogP contribution in [-0.2, 0) is 23.6 Å². The zero-order chi connectivity index (χ0) is 18.9. The molecule has 0 aliphatic rings. The Balaban J connectivity index is 1.60. The van der Waals surface area contributed by atoms with E-state index in [1.165, 1.54) is 0 Å². The van der Waals surface area contributed by atoms with Crippen molar-refractivity contribution in [1.82, 2.24) is 19.5 Å². The van der Waals surface area contributed by atoms with E-state index in [4.69, 9.17) is 0 Å². The number of aromatic nitrogens is 3. The van der Waals surface area contributed by atoms with Gasteiger partial charge in [-0.05, 0) is 29.7 Å². The van der Waals surface area contributed by atoms with Gasteiger partial charge in [0.1, 0.15) is 0 Å². The molecule has 7 heteroatoms. The quantitative estimate of drug-likeness (QED) is 0.579. The van der Waals surface area contributed by atoms with E-state index in [2.05, 4.69) is 14.8 Å². The van der Waals surface area contributed by atoms with Crippen molar-refractivity contribution in [1.29, 1.82) is 0 Å². The summed E-state index contributed by atoms with van der Waals surface area (Å²) in [5.41, 5.74) is 2.52. The number of sulfonamides is 1. The highest BCUT2D eigenvalue weighted by atomic mass is 32.2. The number of rotatable bonds is 5. The Morgan fingerprint density at radius 2 is 1.74 bits per heavy atom. The van der Waals surface area contributed by atoms with Crippen LogP contribution in [0, 0.1) is 0 Å². The van der Waals surface area contributed by atoms with E-state index in [0.29, 0.717) is 11.1 Å². The van der Waals surface area contributed by atoms with Gasteiger partial charge in [-0.15, -0.1) is 0 Å². The van der Waals surface area contributed by atoms with Gasteiger partial charge in [-0.2, -0.15) is 5.10 Å². The fourth-order valence-corrected chi connectivity index (χ4v) is 4.31. The minimum absolute atomic E-state index is 0.116. The summed E-state index contributed by atoms with van der Waals surface area (Å²) in [5.74, 6) is 0. The van der Waals surface area contributed by atoms with E-state index in [1.807, 2.05) is 55.6 Å². The lowest BCUT2D eigenvalue weighted by Gasteiger charge is -2.08. The van der Waals surface area contributed by atoms with Gasteiger partial charge in [0.25, 0.3) is 0 Å². The van der Waals surface area contributed by atoms with Crippen LogP contribution in [0.25, 0.3) is 22.0 Å². The molecule has 2 heterocycles. The Bertz CT molecular complexity index is 1200. The van der Waals surface area contributed by atoms with Gasteiger partial charge in [-0.1, -0.05) is 36.4 Å². The predicted molar refractivity (Wildman–Crippen MR) is 104 cm³/mol. The van der Waals surface area contributed by atoms with Crippen molar-refractivity contribution >= 4 is 20.8 Å². The number of aryl methyl sites for hydroxylation is 1. The van der Waals surface area contributed by atoms with Gasteiger partial charge < -0.3 is 0 Å². The highest BCUT2D eigenvalue weighted by Gasteiger charge is 2.18. The van der Waals surface area contributed by atoms with E-state index in [1.54, 1.807) is 29.2 Å². The number of fused-ring (bicyclic) bond motifs is 1. The van der Waals surface area contributed by atoms with Crippen molar-refractivity contribution in [3.8, 4) is 11.3 Å². The number of nitrogens with zero attached hydrogens (tertiary/aromatic N) is 3. The molecular formula is C20H18N4O2S. The van der Waals surface area contributed by atoms with E-state index in [0.717, 1.165) is 16.6 Å². The molecule has 0 amide bonds. The molecule has 4 rings (SSSR count). The van der Waals surface area contributed by atoms with Crippen LogP contribution in [0.4, 0.5) is 0 Å². The summed E-state index contributed by atoms with van der Waals surface area (Å²) >= 11 is 0. The van der Waals surface area contributed by atoms with Gasteiger partial charge in [0.05, 0.1) is 22.8 Å². The second-order valence-electron chi connectivity index (χ2n) is 6.18. The Morgan fingerprint density at radius 3 is 2.56 bits per heavy atom. The number of pyridine rings is 1. The molecule has 1 N–H and O–H groups in total. The first kappa shape index (κ1) is 17.4. The topological polar surface area (TPSA) is 76.9 Å². The summed E-state index contributed by atoms with van der Waals surface area (Å²) in [6.45, 7) is 0.116. The van der Waals surface area contributed by atoms with Gasteiger partial charge >= 0.3 is 0 Å². The molecule has 0 unspecified atom stereocenters. The van der Waals surface area contributed by atoms with Gasteiger partial charge in [-0.3, -0.25) is 9.67 Å². The molecule has 0 fully saturated rings.